The minimum absolute atomic E-state index is 1.11. The van der Waals surface area contributed by atoms with E-state index in [1.807, 2.05) is 6.08 Å². The second-order valence-electron chi connectivity index (χ2n) is 5.77. The first kappa shape index (κ1) is 17.0. The van der Waals surface area contributed by atoms with Gasteiger partial charge in [0.1, 0.15) is 0 Å². The zero-order chi connectivity index (χ0) is 15.7. The molecule has 0 aliphatic carbocycles. The van der Waals surface area contributed by atoms with E-state index in [0.29, 0.717) is 0 Å². The summed E-state index contributed by atoms with van der Waals surface area (Å²) in [5, 5.41) is 2.66. The highest BCUT2D eigenvalue weighted by atomic mass is 35.6. The van der Waals surface area contributed by atoms with Crippen LogP contribution in [0.4, 0.5) is 0 Å². The molecule has 22 heavy (non-hydrogen) atoms. The van der Waals surface area contributed by atoms with E-state index in [0.717, 1.165) is 12.5 Å². The standard InChI is InChI=1S/C20H25ClSi/c1-2-3-4-5-6-13-18-22(21,19-14-9-7-10-15-19)20-16-11-8-12-17-20/h2,7-12,14-17H,1,3-6,13,18H2. The van der Waals surface area contributed by atoms with E-state index in [1.165, 1.54) is 36.1 Å². The molecule has 0 aromatic heterocycles. The molecule has 0 atom stereocenters. The second-order valence-corrected chi connectivity index (χ2v) is 11.0. The van der Waals surface area contributed by atoms with Gasteiger partial charge in [0, 0.05) is 0 Å². The van der Waals surface area contributed by atoms with Crippen LogP contribution in [-0.2, 0) is 0 Å². The Morgan fingerprint density at radius 2 is 1.27 bits per heavy atom. The van der Waals surface area contributed by atoms with Crippen LogP contribution in [0.1, 0.15) is 32.1 Å². The third kappa shape index (κ3) is 4.59. The van der Waals surface area contributed by atoms with Gasteiger partial charge >= 0.3 is 0 Å². The third-order valence-electron chi connectivity index (χ3n) is 4.14. The lowest BCUT2D eigenvalue weighted by Gasteiger charge is -2.25. The molecule has 2 aromatic rings. The summed E-state index contributed by atoms with van der Waals surface area (Å²) < 4.78 is 0. The molecular weight excluding hydrogens is 304 g/mol. The lowest BCUT2D eigenvalue weighted by Crippen LogP contribution is -2.53. The first-order valence-corrected chi connectivity index (χ1v) is 11.4. The highest BCUT2D eigenvalue weighted by Gasteiger charge is 2.34. The number of rotatable bonds is 9. The summed E-state index contributed by atoms with van der Waals surface area (Å²) in [4.78, 5) is 0. The zero-order valence-electron chi connectivity index (χ0n) is 13.2. The molecule has 0 saturated carbocycles. The fraction of sp³-hybridized carbons (Fsp3) is 0.300. The SMILES string of the molecule is C=CCCCCCC[Si](Cl)(c1ccccc1)c1ccccc1. The molecule has 0 nitrogen and oxygen atoms in total. The molecule has 0 spiro atoms. The summed E-state index contributed by atoms with van der Waals surface area (Å²) >= 11 is 7.25. The van der Waals surface area contributed by atoms with Crippen LogP contribution in [0.3, 0.4) is 0 Å². The predicted molar refractivity (Wildman–Crippen MR) is 102 cm³/mol. The molecule has 0 saturated heterocycles. The van der Waals surface area contributed by atoms with Crippen LogP contribution >= 0.6 is 11.1 Å². The lowest BCUT2D eigenvalue weighted by molar-refractivity contribution is 0.672. The minimum atomic E-state index is -2.12. The van der Waals surface area contributed by atoms with Gasteiger partial charge in [-0.1, -0.05) is 86.0 Å². The number of hydrogen-bond donors (Lipinski definition) is 0. The number of allylic oxidation sites excluding steroid dienone is 1. The minimum Gasteiger partial charge on any atom is -0.155 e. The van der Waals surface area contributed by atoms with Crippen molar-refractivity contribution in [1.29, 1.82) is 0 Å². The van der Waals surface area contributed by atoms with Gasteiger partial charge in [-0.3, -0.25) is 0 Å². The fourth-order valence-corrected chi connectivity index (χ4v) is 7.12. The van der Waals surface area contributed by atoms with Crippen LogP contribution in [0.5, 0.6) is 0 Å². The molecule has 0 fully saturated rings. The summed E-state index contributed by atoms with van der Waals surface area (Å²) in [6.45, 7) is 3.78. The average molecular weight is 329 g/mol. The fourth-order valence-electron chi connectivity index (χ4n) is 2.87. The molecule has 0 radical (unpaired) electrons. The van der Waals surface area contributed by atoms with Gasteiger partial charge in [-0.2, -0.15) is 11.1 Å². The summed E-state index contributed by atoms with van der Waals surface area (Å²) in [6.07, 6.45) is 8.12. The zero-order valence-corrected chi connectivity index (χ0v) is 14.9. The Kier molecular flexibility index (Phi) is 6.95. The molecule has 0 unspecified atom stereocenters. The van der Waals surface area contributed by atoms with Crippen LogP contribution in [0, 0.1) is 0 Å². The smallest absolute Gasteiger partial charge is 0.155 e. The van der Waals surface area contributed by atoms with E-state index < -0.39 is 7.38 Å². The van der Waals surface area contributed by atoms with Crippen LogP contribution in [-0.4, -0.2) is 7.38 Å². The van der Waals surface area contributed by atoms with E-state index in [-0.39, 0.29) is 0 Å². The normalized spacial score (nSPS) is 11.3. The van der Waals surface area contributed by atoms with Crippen molar-refractivity contribution in [3.63, 3.8) is 0 Å². The van der Waals surface area contributed by atoms with Crippen molar-refractivity contribution in [2.45, 2.75) is 38.1 Å². The number of hydrogen-bond acceptors (Lipinski definition) is 0. The van der Waals surface area contributed by atoms with Crippen molar-refractivity contribution in [2.75, 3.05) is 0 Å². The van der Waals surface area contributed by atoms with Crippen molar-refractivity contribution >= 4 is 28.8 Å². The summed E-state index contributed by atoms with van der Waals surface area (Å²) in [5.41, 5.74) is 0. The second kappa shape index (κ2) is 8.97. The number of benzene rings is 2. The van der Waals surface area contributed by atoms with Gasteiger partial charge in [0.25, 0.3) is 0 Å². The van der Waals surface area contributed by atoms with Gasteiger partial charge in [-0.15, -0.1) is 6.58 Å². The Hall–Kier alpha value is -1.31. The van der Waals surface area contributed by atoms with E-state index in [1.54, 1.807) is 0 Å². The Morgan fingerprint density at radius 3 is 1.77 bits per heavy atom. The van der Waals surface area contributed by atoms with Crippen LogP contribution in [0.2, 0.25) is 6.04 Å². The molecule has 2 rings (SSSR count). The summed E-state index contributed by atoms with van der Waals surface area (Å²) in [5.74, 6) is 0. The number of halogens is 1. The van der Waals surface area contributed by atoms with E-state index in [9.17, 15) is 0 Å². The van der Waals surface area contributed by atoms with Gasteiger partial charge in [-0.05, 0) is 29.3 Å². The maximum absolute atomic E-state index is 7.25. The molecule has 0 bridgehead atoms. The topological polar surface area (TPSA) is 0 Å². The Balaban J connectivity index is 2.08. The van der Waals surface area contributed by atoms with Crippen LogP contribution in [0.15, 0.2) is 73.3 Å². The van der Waals surface area contributed by atoms with Crippen molar-refractivity contribution in [2.24, 2.45) is 0 Å². The highest BCUT2D eigenvalue weighted by molar-refractivity contribution is 7.34. The quantitative estimate of drug-likeness (QED) is 0.259. The van der Waals surface area contributed by atoms with Crippen molar-refractivity contribution in [1.82, 2.24) is 0 Å². The van der Waals surface area contributed by atoms with Crippen molar-refractivity contribution < 1.29 is 0 Å². The molecule has 2 heteroatoms. The largest absolute Gasteiger partial charge is 0.217 e. The van der Waals surface area contributed by atoms with Crippen molar-refractivity contribution in [3.05, 3.63) is 73.3 Å². The molecule has 116 valence electrons. The molecule has 0 N–H and O–H groups in total. The Bertz CT molecular complexity index is 511. The van der Waals surface area contributed by atoms with Gasteiger partial charge in [0.05, 0.1) is 0 Å². The molecule has 2 aromatic carbocycles. The van der Waals surface area contributed by atoms with Gasteiger partial charge in [0.15, 0.2) is 0 Å². The maximum Gasteiger partial charge on any atom is 0.217 e. The molecule has 0 aliphatic heterocycles. The molecular formula is C20H25ClSi. The van der Waals surface area contributed by atoms with Crippen LogP contribution < -0.4 is 10.4 Å². The Labute approximate surface area is 140 Å². The van der Waals surface area contributed by atoms with E-state index in [2.05, 4.69) is 67.2 Å². The van der Waals surface area contributed by atoms with Gasteiger partial charge in [-0.25, -0.2) is 0 Å². The van der Waals surface area contributed by atoms with Crippen molar-refractivity contribution in [3.8, 4) is 0 Å². The average Bonchev–Trinajstić information content (AvgIpc) is 2.59. The summed E-state index contributed by atoms with van der Waals surface area (Å²) in [7, 11) is -2.12. The first-order chi connectivity index (χ1) is 10.8. The van der Waals surface area contributed by atoms with Crippen LogP contribution in [0.25, 0.3) is 0 Å². The third-order valence-corrected chi connectivity index (χ3v) is 9.56. The lowest BCUT2D eigenvalue weighted by atomic mass is 10.1. The predicted octanol–water partition coefficient (Wildman–Crippen LogP) is 5.12. The highest BCUT2D eigenvalue weighted by Crippen LogP contribution is 2.20. The van der Waals surface area contributed by atoms with E-state index in [4.69, 9.17) is 11.1 Å². The molecule has 0 amide bonds. The first-order valence-electron chi connectivity index (χ1n) is 8.18. The van der Waals surface area contributed by atoms with Gasteiger partial charge < -0.3 is 0 Å². The molecule has 0 aliphatic rings. The van der Waals surface area contributed by atoms with Gasteiger partial charge in [0.2, 0.25) is 7.38 Å². The molecule has 0 heterocycles. The Morgan fingerprint density at radius 1 is 0.773 bits per heavy atom. The monoisotopic (exact) mass is 328 g/mol. The number of unbranched alkanes of at least 4 members (excludes halogenated alkanes) is 4. The summed E-state index contributed by atoms with van der Waals surface area (Å²) in [6, 6.07) is 22.4. The maximum atomic E-state index is 7.25. The van der Waals surface area contributed by atoms with E-state index >= 15 is 0 Å².